The van der Waals surface area contributed by atoms with Gasteiger partial charge in [0.15, 0.2) is 12.2 Å². The van der Waals surface area contributed by atoms with Crippen molar-refractivity contribution < 1.29 is 39.3 Å². The highest BCUT2D eigenvalue weighted by Gasteiger charge is 2.35. The Balaban J connectivity index is 2.51. The van der Waals surface area contributed by atoms with E-state index in [1.807, 2.05) is 0 Å². The minimum absolute atomic E-state index is 0.00984. The van der Waals surface area contributed by atoms with Gasteiger partial charge in [-0.2, -0.15) is 0 Å². The van der Waals surface area contributed by atoms with Crippen LogP contribution in [0, 0.1) is 5.92 Å². The highest BCUT2D eigenvalue weighted by molar-refractivity contribution is 5.85. The van der Waals surface area contributed by atoms with Crippen LogP contribution in [-0.2, 0) is 24.0 Å². The first kappa shape index (κ1) is 17.3. The number of esters is 1. The number of hydroxylamine groups is 2. The zero-order chi connectivity index (χ0) is 16.0. The van der Waals surface area contributed by atoms with Gasteiger partial charge in [0, 0.05) is 13.1 Å². The molecule has 3 N–H and O–H groups in total. The Hall–Kier alpha value is -1.71. The molecule has 120 valence electrons. The van der Waals surface area contributed by atoms with Crippen molar-refractivity contribution in [3.05, 3.63) is 0 Å². The maximum Gasteiger partial charge on any atom is 0.357 e. The summed E-state index contributed by atoms with van der Waals surface area (Å²) < 4.78 is 4.47. The van der Waals surface area contributed by atoms with Crippen molar-refractivity contribution in [1.82, 2.24) is 5.06 Å². The van der Waals surface area contributed by atoms with Gasteiger partial charge in [-0.3, -0.25) is 4.79 Å². The van der Waals surface area contributed by atoms with Gasteiger partial charge in [0.1, 0.15) is 0 Å². The third-order valence-corrected chi connectivity index (χ3v) is 3.02. The number of rotatable bonds is 6. The molecular formula is C12H19NO8. The summed E-state index contributed by atoms with van der Waals surface area (Å²) in [6, 6.07) is 0. The number of carbonyl (C=O) groups is 3. The van der Waals surface area contributed by atoms with E-state index in [0.717, 1.165) is 5.06 Å². The van der Waals surface area contributed by atoms with Crippen LogP contribution in [0.15, 0.2) is 0 Å². The number of ether oxygens (including phenoxy) is 1. The fraction of sp³-hybridized carbons (Fsp3) is 0.750. The Kier molecular flexibility index (Phi) is 6.53. The van der Waals surface area contributed by atoms with E-state index in [-0.39, 0.29) is 13.2 Å². The molecular weight excluding hydrogens is 286 g/mol. The van der Waals surface area contributed by atoms with Crippen LogP contribution in [0.2, 0.25) is 0 Å². The summed E-state index contributed by atoms with van der Waals surface area (Å²) in [6.45, 7) is 1.81. The van der Waals surface area contributed by atoms with Gasteiger partial charge in [-0.05, 0) is 19.8 Å². The average Bonchev–Trinajstić information content (AvgIpc) is 2.46. The van der Waals surface area contributed by atoms with E-state index in [2.05, 4.69) is 4.74 Å². The highest BCUT2D eigenvalue weighted by Crippen LogP contribution is 2.17. The lowest BCUT2D eigenvalue weighted by Crippen LogP contribution is -2.46. The summed E-state index contributed by atoms with van der Waals surface area (Å²) in [5, 5.41) is 28.9. The molecule has 0 spiro atoms. The summed E-state index contributed by atoms with van der Waals surface area (Å²) >= 11 is 0. The first-order chi connectivity index (χ1) is 9.86. The van der Waals surface area contributed by atoms with E-state index in [9.17, 15) is 24.6 Å². The van der Waals surface area contributed by atoms with Gasteiger partial charge in [-0.15, -0.1) is 5.06 Å². The maximum absolute atomic E-state index is 11.6. The third kappa shape index (κ3) is 4.96. The molecule has 0 aromatic carbocycles. The van der Waals surface area contributed by atoms with Gasteiger partial charge in [0.2, 0.25) is 0 Å². The number of aliphatic carboxylic acids is 1. The second kappa shape index (κ2) is 7.91. The molecule has 1 heterocycles. The maximum atomic E-state index is 11.6. The summed E-state index contributed by atoms with van der Waals surface area (Å²) in [6.07, 6.45) is -3.15. The number of carboxylic acid groups (broad SMARTS) is 1. The normalized spacial score (nSPS) is 22.1. The van der Waals surface area contributed by atoms with Crippen LogP contribution in [0.1, 0.15) is 19.8 Å². The van der Waals surface area contributed by atoms with Crippen molar-refractivity contribution in [1.29, 1.82) is 0 Å². The van der Waals surface area contributed by atoms with E-state index < -0.39 is 36.0 Å². The largest absolute Gasteiger partial charge is 0.481 e. The third-order valence-electron chi connectivity index (χ3n) is 3.02. The molecule has 1 aliphatic heterocycles. The molecule has 9 heteroatoms. The van der Waals surface area contributed by atoms with Crippen molar-refractivity contribution >= 4 is 17.9 Å². The summed E-state index contributed by atoms with van der Waals surface area (Å²) in [5.74, 6) is -4.04. The van der Waals surface area contributed by atoms with E-state index in [1.165, 1.54) is 6.92 Å². The zero-order valence-electron chi connectivity index (χ0n) is 11.6. The lowest BCUT2D eigenvalue weighted by Gasteiger charge is -2.29. The summed E-state index contributed by atoms with van der Waals surface area (Å²) in [7, 11) is 0. The van der Waals surface area contributed by atoms with Gasteiger partial charge >= 0.3 is 17.9 Å². The van der Waals surface area contributed by atoms with E-state index in [0.29, 0.717) is 19.4 Å². The number of hydrogen-bond donors (Lipinski definition) is 3. The Morgan fingerprint density at radius 1 is 1.24 bits per heavy atom. The lowest BCUT2D eigenvalue weighted by atomic mass is 10.00. The second-order valence-corrected chi connectivity index (χ2v) is 4.62. The predicted molar refractivity (Wildman–Crippen MR) is 66.7 cm³/mol. The van der Waals surface area contributed by atoms with Crippen molar-refractivity contribution in [2.24, 2.45) is 5.92 Å². The molecule has 0 radical (unpaired) electrons. The molecule has 0 amide bonds. The van der Waals surface area contributed by atoms with Gasteiger partial charge in [-0.25, -0.2) is 9.59 Å². The van der Waals surface area contributed by atoms with E-state index in [1.54, 1.807) is 0 Å². The highest BCUT2D eigenvalue weighted by atomic mass is 16.7. The van der Waals surface area contributed by atoms with Gasteiger partial charge < -0.3 is 24.9 Å². The molecule has 1 rings (SSSR count). The smallest absolute Gasteiger partial charge is 0.357 e. The van der Waals surface area contributed by atoms with Crippen LogP contribution in [0.25, 0.3) is 0 Å². The van der Waals surface area contributed by atoms with Gasteiger partial charge in [0.05, 0.1) is 12.5 Å². The number of hydrogen-bond acceptors (Lipinski definition) is 8. The summed E-state index contributed by atoms with van der Waals surface area (Å²) in [4.78, 5) is 38.5. The number of aliphatic hydroxyl groups is 2. The van der Waals surface area contributed by atoms with Crippen LogP contribution >= 0.6 is 0 Å². The Labute approximate surface area is 121 Å². The monoisotopic (exact) mass is 305 g/mol. The fourth-order valence-electron chi connectivity index (χ4n) is 1.89. The molecule has 9 nitrogen and oxygen atoms in total. The fourth-order valence-corrected chi connectivity index (χ4v) is 1.89. The average molecular weight is 305 g/mol. The molecule has 0 aromatic rings. The number of carboxylic acids is 1. The number of carbonyl (C=O) groups excluding carboxylic acids is 2. The van der Waals surface area contributed by atoms with Crippen LogP contribution in [0.5, 0.6) is 0 Å². The first-order valence-corrected chi connectivity index (χ1v) is 6.59. The zero-order valence-corrected chi connectivity index (χ0v) is 11.6. The van der Waals surface area contributed by atoms with Crippen molar-refractivity contribution in [3.63, 3.8) is 0 Å². The minimum Gasteiger partial charge on any atom is -0.481 e. The molecule has 1 aliphatic rings. The first-order valence-electron chi connectivity index (χ1n) is 6.59. The number of piperidine rings is 1. The number of nitrogens with zero attached hydrogens (tertiary/aromatic N) is 1. The molecule has 0 saturated carbocycles. The Morgan fingerprint density at radius 3 is 2.43 bits per heavy atom. The quantitative estimate of drug-likeness (QED) is 0.502. The molecule has 21 heavy (non-hydrogen) atoms. The van der Waals surface area contributed by atoms with E-state index >= 15 is 0 Å². The molecule has 1 fully saturated rings. The van der Waals surface area contributed by atoms with Crippen LogP contribution in [0.4, 0.5) is 0 Å². The topological polar surface area (TPSA) is 134 Å². The Morgan fingerprint density at radius 2 is 1.86 bits per heavy atom. The van der Waals surface area contributed by atoms with Crippen LogP contribution < -0.4 is 0 Å². The SMILES string of the molecule is CCOC(=O)C(O)C(O)C(=O)ON1CCCC(C(=O)O)C1. The number of aliphatic hydroxyl groups excluding tert-OH is 2. The van der Waals surface area contributed by atoms with Crippen molar-refractivity contribution in [2.75, 3.05) is 19.7 Å². The van der Waals surface area contributed by atoms with Gasteiger partial charge in [0.25, 0.3) is 0 Å². The van der Waals surface area contributed by atoms with Crippen molar-refractivity contribution in [3.8, 4) is 0 Å². The lowest BCUT2D eigenvalue weighted by molar-refractivity contribution is -0.215. The summed E-state index contributed by atoms with van der Waals surface area (Å²) in [5.41, 5.74) is 0. The second-order valence-electron chi connectivity index (χ2n) is 4.62. The molecule has 0 aromatic heterocycles. The predicted octanol–water partition coefficient (Wildman–Crippen LogP) is -1.47. The minimum atomic E-state index is -2.09. The molecule has 3 atom stereocenters. The molecule has 0 aliphatic carbocycles. The molecule has 1 saturated heterocycles. The standard InChI is InChI=1S/C12H19NO8/c1-2-20-11(18)8(14)9(15)12(19)21-13-5-3-4-7(6-13)10(16)17/h7-9,14-15H,2-6H2,1H3,(H,16,17). The van der Waals surface area contributed by atoms with Gasteiger partial charge in [-0.1, -0.05) is 0 Å². The molecule has 0 bridgehead atoms. The van der Waals surface area contributed by atoms with E-state index in [4.69, 9.17) is 9.94 Å². The molecule has 3 unspecified atom stereocenters. The van der Waals surface area contributed by atoms with Crippen LogP contribution in [0.3, 0.4) is 0 Å². The van der Waals surface area contributed by atoms with Crippen molar-refractivity contribution in [2.45, 2.75) is 32.0 Å². The Bertz CT molecular complexity index is 399. The van der Waals surface area contributed by atoms with Crippen LogP contribution in [-0.4, -0.2) is 70.2 Å².